The van der Waals surface area contributed by atoms with Gasteiger partial charge in [-0.15, -0.1) is 0 Å². The minimum atomic E-state index is -0.396. The molecular formula is C13H17ClN2O3. The van der Waals surface area contributed by atoms with Crippen LogP contribution in [0.2, 0.25) is 5.02 Å². The highest BCUT2D eigenvalue weighted by molar-refractivity contribution is 6.31. The Labute approximate surface area is 117 Å². The Morgan fingerprint density at radius 1 is 1.53 bits per heavy atom. The van der Waals surface area contributed by atoms with E-state index in [1.807, 2.05) is 0 Å². The second-order valence-electron chi connectivity index (χ2n) is 4.71. The van der Waals surface area contributed by atoms with Crippen molar-refractivity contribution in [3.8, 4) is 0 Å². The molecule has 0 saturated carbocycles. The zero-order chi connectivity index (χ0) is 13.7. The minimum absolute atomic E-state index is 0.0693. The number of benzene rings is 1. The second kappa shape index (κ2) is 6.84. The van der Waals surface area contributed by atoms with Gasteiger partial charge < -0.3 is 10.1 Å². The zero-order valence-electron chi connectivity index (χ0n) is 10.6. The van der Waals surface area contributed by atoms with Crippen LogP contribution in [0, 0.1) is 16.0 Å². The van der Waals surface area contributed by atoms with Gasteiger partial charge in [0.05, 0.1) is 22.1 Å². The maximum Gasteiger partial charge on any atom is 0.275 e. The van der Waals surface area contributed by atoms with Crippen molar-refractivity contribution in [1.82, 2.24) is 5.32 Å². The van der Waals surface area contributed by atoms with Gasteiger partial charge in [0, 0.05) is 25.8 Å². The van der Waals surface area contributed by atoms with E-state index in [1.165, 1.54) is 6.07 Å². The molecule has 0 bridgehead atoms. The summed E-state index contributed by atoms with van der Waals surface area (Å²) in [5.74, 6) is 0.482. The average Bonchev–Trinajstić information content (AvgIpc) is 2.41. The van der Waals surface area contributed by atoms with Crippen LogP contribution in [-0.4, -0.2) is 24.7 Å². The first kappa shape index (κ1) is 14.2. The predicted octanol–water partition coefficient (Wildman–Crippen LogP) is 2.76. The normalized spacial score (nSPS) is 19.3. The van der Waals surface area contributed by atoms with Crippen molar-refractivity contribution >= 4 is 17.3 Å². The summed E-state index contributed by atoms with van der Waals surface area (Å²) in [5, 5.41) is 14.6. The van der Waals surface area contributed by atoms with Crippen LogP contribution in [0.4, 0.5) is 5.69 Å². The third-order valence-electron chi connectivity index (χ3n) is 3.28. The Kier molecular flexibility index (Phi) is 5.13. The molecule has 104 valence electrons. The number of halogens is 1. The largest absolute Gasteiger partial charge is 0.381 e. The molecule has 0 aliphatic carbocycles. The fourth-order valence-corrected chi connectivity index (χ4v) is 2.50. The van der Waals surface area contributed by atoms with Crippen molar-refractivity contribution in [2.45, 2.75) is 19.4 Å². The molecule has 1 unspecified atom stereocenters. The van der Waals surface area contributed by atoms with Crippen LogP contribution in [0.25, 0.3) is 0 Å². The van der Waals surface area contributed by atoms with Gasteiger partial charge in [0.15, 0.2) is 0 Å². The molecule has 0 aromatic heterocycles. The Balaban J connectivity index is 1.93. The first-order valence-corrected chi connectivity index (χ1v) is 6.76. The van der Waals surface area contributed by atoms with Gasteiger partial charge >= 0.3 is 0 Å². The molecule has 0 radical (unpaired) electrons. The van der Waals surface area contributed by atoms with E-state index in [0.29, 0.717) is 23.0 Å². The van der Waals surface area contributed by atoms with Crippen LogP contribution in [0.3, 0.4) is 0 Å². The fraction of sp³-hybridized carbons (Fsp3) is 0.538. The van der Waals surface area contributed by atoms with Gasteiger partial charge in [0.1, 0.15) is 0 Å². The van der Waals surface area contributed by atoms with E-state index >= 15 is 0 Å². The molecular weight excluding hydrogens is 268 g/mol. The molecule has 1 N–H and O–H groups in total. The Hall–Kier alpha value is -1.17. The molecule has 19 heavy (non-hydrogen) atoms. The van der Waals surface area contributed by atoms with Crippen molar-refractivity contribution in [2.24, 2.45) is 5.92 Å². The average molecular weight is 285 g/mol. The van der Waals surface area contributed by atoms with E-state index in [-0.39, 0.29) is 5.69 Å². The smallest absolute Gasteiger partial charge is 0.275 e. The lowest BCUT2D eigenvalue weighted by Gasteiger charge is -2.22. The highest BCUT2D eigenvalue weighted by Crippen LogP contribution is 2.26. The van der Waals surface area contributed by atoms with Gasteiger partial charge in [-0.3, -0.25) is 10.1 Å². The van der Waals surface area contributed by atoms with Gasteiger partial charge in [0.25, 0.3) is 5.69 Å². The van der Waals surface area contributed by atoms with E-state index in [9.17, 15) is 10.1 Å². The number of hydrogen-bond acceptors (Lipinski definition) is 4. The molecule has 1 fully saturated rings. The number of nitro benzene ring substituents is 1. The summed E-state index contributed by atoms with van der Waals surface area (Å²) in [4.78, 5) is 10.5. The summed E-state index contributed by atoms with van der Waals surface area (Å²) in [6.07, 6.45) is 2.22. The van der Waals surface area contributed by atoms with Crippen LogP contribution >= 0.6 is 11.6 Å². The Morgan fingerprint density at radius 2 is 2.37 bits per heavy atom. The molecule has 1 heterocycles. The molecule has 6 heteroatoms. The lowest BCUT2D eigenvalue weighted by molar-refractivity contribution is -0.385. The summed E-state index contributed by atoms with van der Waals surface area (Å²) < 4.78 is 5.40. The lowest BCUT2D eigenvalue weighted by atomic mass is 10.0. The Morgan fingerprint density at radius 3 is 3.05 bits per heavy atom. The summed E-state index contributed by atoms with van der Waals surface area (Å²) in [7, 11) is 0. The van der Waals surface area contributed by atoms with E-state index in [0.717, 1.165) is 32.6 Å². The van der Waals surface area contributed by atoms with Crippen molar-refractivity contribution in [2.75, 3.05) is 19.8 Å². The molecule has 1 aliphatic heterocycles. The van der Waals surface area contributed by atoms with E-state index in [1.54, 1.807) is 12.1 Å². The molecule has 1 aliphatic rings. The standard InChI is InChI=1S/C13H17ClN2O3/c14-12-4-1-5-13(16(17)18)11(12)8-15-7-10-3-2-6-19-9-10/h1,4-5,10,15H,2-3,6-9H2. The molecule has 1 aromatic carbocycles. The van der Waals surface area contributed by atoms with Gasteiger partial charge in [-0.25, -0.2) is 0 Å². The monoisotopic (exact) mass is 284 g/mol. The van der Waals surface area contributed by atoms with Crippen molar-refractivity contribution in [3.05, 3.63) is 38.9 Å². The predicted molar refractivity (Wildman–Crippen MR) is 73.4 cm³/mol. The number of rotatable bonds is 5. The number of nitrogens with one attached hydrogen (secondary N) is 1. The van der Waals surface area contributed by atoms with E-state index in [2.05, 4.69) is 5.32 Å². The molecule has 1 atom stereocenters. The molecule has 5 nitrogen and oxygen atoms in total. The number of ether oxygens (including phenoxy) is 1. The van der Waals surface area contributed by atoms with Crippen molar-refractivity contribution in [3.63, 3.8) is 0 Å². The maximum absolute atomic E-state index is 10.9. The van der Waals surface area contributed by atoms with Gasteiger partial charge in [0.2, 0.25) is 0 Å². The van der Waals surface area contributed by atoms with E-state index < -0.39 is 4.92 Å². The summed E-state index contributed by atoms with van der Waals surface area (Å²) in [6, 6.07) is 4.75. The molecule has 0 amide bonds. The molecule has 1 saturated heterocycles. The van der Waals surface area contributed by atoms with Crippen LogP contribution in [0.5, 0.6) is 0 Å². The summed E-state index contributed by atoms with van der Waals surface area (Å²) in [5.41, 5.74) is 0.616. The van der Waals surface area contributed by atoms with Crippen molar-refractivity contribution < 1.29 is 9.66 Å². The maximum atomic E-state index is 10.9. The number of nitro groups is 1. The summed E-state index contributed by atoms with van der Waals surface area (Å²) in [6.45, 7) is 2.80. The van der Waals surface area contributed by atoms with Crippen LogP contribution in [0.1, 0.15) is 18.4 Å². The SMILES string of the molecule is O=[N+]([O-])c1cccc(Cl)c1CNCC1CCCOC1. The van der Waals surface area contributed by atoms with Crippen LogP contribution < -0.4 is 5.32 Å². The zero-order valence-corrected chi connectivity index (χ0v) is 11.4. The van der Waals surface area contributed by atoms with Gasteiger partial charge in [-0.2, -0.15) is 0 Å². The molecule has 2 rings (SSSR count). The first-order chi connectivity index (χ1) is 9.18. The molecule has 0 spiro atoms. The Bertz CT molecular complexity index is 448. The lowest BCUT2D eigenvalue weighted by Crippen LogP contribution is -2.29. The first-order valence-electron chi connectivity index (χ1n) is 6.38. The number of nitrogens with zero attached hydrogens (tertiary/aromatic N) is 1. The molecule has 1 aromatic rings. The van der Waals surface area contributed by atoms with Crippen LogP contribution in [-0.2, 0) is 11.3 Å². The summed E-state index contributed by atoms with van der Waals surface area (Å²) >= 11 is 6.03. The van der Waals surface area contributed by atoms with E-state index in [4.69, 9.17) is 16.3 Å². The van der Waals surface area contributed by atoms with Crippen molar-refractivity contribution in [1.29, 1.82) is 0 Å². The van der Waals surface area contributed by atoms with Gasteiger partial charge in [-0.05, 0) is 24.8 Å². The topological polar surface area (TPSA) is 64.4 Å². The number of hydrogen-bond donors (Lipinski definition) is 1. The quantitative estimate of drug-likeness (QED) is 0.667. The minimum Gasteiger partial charge on any atom is -0.381 e. The second-order valence-corrected chi connectivity index (χ2v) is 5.12. The fourth-order valence-electron chi connectivity index (χ4n) is 2.26. The van der Waals surface area contributed by atoms with Gasteiger partial charge in [-0.1, -0.05) is 17.7 Å². The highest BCUT2D eigenvalue weighted by atomic mass is 35.5. The highest BCUT2D eigenvalue weighted by Gasteiger charge is 2.17. The van der Waals surface area contributed by atoms with Crippen LogP contribution in [0.15, 0.2) is 18.2 Å². The third kappa shape index (κ3) is 3.89. The third-order valence-corrected chi connectivity index (χ3v) is 3.63.